The Bertz CT molecular complexity index is 418. The predicted octanol–water partition coefficient (Wildman–Crippen LogP) is 6.15. The summed E-state index contributed by atoms with van der Waals surface area (Å²) in [6, 6.07) is 7.02. The van der Waals surface area contributed by atoms with Crippen LogP contribution in [0.15, 0.2) is 18.2 Å². The van der Waals surface area contributed by atoms with Crippen LogP contribution in [0.4, 0.5) is 0 Å². The summed E-state index contributed by atoms with van der Waals surface area (Å²) in [6.07, 6.45) is 0. The zero-order chi connectivity index (χ0) is 16.8. The van der Waals surface area contributed by atoms with Crippen molar-refractivity contribution < 1.29 is 0 Å². The Labute approximate surface area is 133 Å². The molecule has 2 rings (SSSR count). The van der Waals surface area contributed by atoms with Crippen LogP contribution >= 0.6 is 0 Å². The fraction of sp³-hybridized carbons (Fsp3) is 0.700. The first-order chi connectivity index (χ1) is 9.68. The average Bonchev–Trinajstić information content (AvgIpc) is 2.85. The van der Waals surface area contributed by atoms with Crippen LogP contribution in [0.2, 0.25) is 0 Å². The molecule has 1 aromatic rings. The smallest absolute Gasteiger partial charge is 0.0245 e. The van der Waals surface area contributed by atoms with E-state index >= 15 is 0 Å². The van der Waals surface area contributed by atoms with E-state index in [-0.39, 0.29) is 11.0 Å². The first-order valence-corrected chi connectivity index (χ1v) is 8.55. The minimum Gasteiger partial charge on any atom is -0.290 e. The van der Waals surface area contributed by atoms with Crippen molar-refractivity contribution in [1.29, 1.82) is 0 Å². The second-order valence-electron chi connectivity index (χ2n) is 7.26. The average molecular weight is 292 g/mol. The first-order valence-electron chi connectivity index (χ1n) is 8.55. The quantitative estimate of drug-likeness (QED) is 0.554. The second-order valence-corrected chi connectivity index (χ2v) is 7.26. The summed E-state index contributed by atoms with van der Waals surface area (Å²) in [5, 5.41) is 0. The van der Waals surface area contributed by atoms with E-state index in [1.807, 2.05) is 27.7 Å². The number of nitrogens with zero attached hydrogens (tertiary/aromatic N) is 1. The third kappa shape index (κ3) is 5.47. The topological polar surface area (TPSA) is 3.24 Å². The Hall–Kier alpha value is -0.820. The van der Waals surface area contributed by atoms with Gasteiger partial charge in [-0.2, -0.15) is 0 Å². The minimum atomic E-state index is 0.254. The van der Waals surface area contributed by atoms with Crippen LogP contribution in [0, 0.1) is 0 Å². The zero-order valence-corrected chi connectivity index (χ0v) is 16.1. The van der Waals surface area contributed by atoms with Crippen LogP contribution in [0.3, 0.4) is 0 Å². The SMILES string of the molecule is CC.CC.CC(C)(C)c1ccc2c(c1)CN(C(C)(C)C)C2. The van der Waals surface area contributed by atoms with Crippen molar-refractivity contribution >= 4 is 0 Å². The molecule has 0 N–H and O–H groups in total. The van der Waals surface area contributed by atoms with Gasteiger partial charge in [-0.3, -0.25) is 4.90 Å². The fourth-order valence-electron chi connectivity index (χ4n) is 2.34. The Morgan fingerprint density at radius 2 is 1.24 bits per heavy atom. The van der Waals surface area contributed by atoms with Gasteiger partial charge in [0.05, 0.1) is 0 Å². The van der Waals surface area contributed by atoms with Crippen LogP contribution in [-0.2, 0) is 18.5 Å². The molecule has 0 amide bonds. The molecule has 1 aliphatic heterocycles. The maximum absolute atomic E-state index is 2.55. The largest absolute Gasteiger partial charge is 0.290 e. The van der Waals surface area contributed by atoms with Gasteiger partial charge in [0.25, 0.3) is 0 Å². The molecule has 0 bridgehead atoms. The van der Waals surface area contributed by atoms with Gasteiger partial charge in [0.1, 0.15) is 0 Å². The summed E-state index contributed by atoms with van der Waals surface area (Å²) in [4.78, 5) is 2.55. The molecule has 0 fully saturated rings. The highest BCUT2D eigenvalue weighted by molar-refractivity contribution is 5.37. The number of fused-ring (bicyclic) bond motifs is 1. The van der Waals surface area contributed by atoms with Gasteiger partial charge < -0.3 is 0 Å². The molecule has 0 radical (unpaired) electrons. The van der Waals surface area contributed by atoms with Gasteiger partial charge in [-0.05, 0) is 42.9 Å². The number of rotatable bonds is 0. The van der Waals surface area contributed by atoms with Crippen LogP contribution in [0.1, 0.15) is 85.9 Å². The maximum Gasteiger partial charge on any atom is 0.0245 e. The molecule has 0 saturated heterocycles. The van der Waals surface area contributed by atoms with Crippen LogP contribution in [0.5, 0.6) is 0 Å². The molecule has 0 saturated carbocycles. The number of hydrogen-bond donors (Lipinski definition) is 0. The van der Waals surface area contributed by atoms with E-state index in [9.17, 15) is 0 Å². The van der Waals surface area contributed by atoms with Crippen LogP contribution in [-0.4, -0.2) is 10.4 Å². The van der Waals surface area contributed by atoms with Gasteiger partial charge in [-0.1, -0.05) is 66.7 Å². The van der Waals surface area contributed by atoms with Crippen LogP contribution < -0.4 is 0 Å². The van der Waals surface area contributed by atoms with Gasteiger partial charge in [-0.15, -0.1) is 0 Å². The van der Waals surface area contributed by atoms with Gasteiger partial charge in [0.2, 0.25) is 0 Å². The van der Waals surface area contributed by atoms with Crippen molar-refractivity contribution in [1.82, 2.24) is 4.90 Å². The van der Waals surface area contributed by atoms with E-state index in [1.54, 1.807) is 0 Å². The highest BCUT2D eigenvalue weighted by Gasteiger charge is 2.28. The normalized spacial score (nSPS) is 14.6. The van der Waals surface area contributed by atoms with Crippen molar-refractivity contribution in [2.75, 3.05) is 0 Å². The van der Waals surface area contributed by atoms with E-state index in [4.69, 9.17) is 0 Å². The van der Waals surface area contributed by atoms with Gasteiger partial charge in [-0.25, -0.2) is 0 Å². The van der Waals surface area contributed by atoms with Crippen molar-refractivity contribution in [3.63, 3.8) is 0 Å². The van der Waals surface area contributed by atoms with Crippen molar-refractivity contribution in [2.45, 2.75) is 93.3 Å². The lowest BCUT2D eigenvalue weighted by atomic mass is 9.85. The fourth-order valence-corrected chi connectivity index (χ4v) is 2.34. The molecule has 1 aromatic carbocycles. The molecule has 0 unspecified atom stereocenters. The molecule has 1 nitrogen and oxygen atoms in total. The lowest BCUT2D eigenvalue weighted by molar-refractivity contribution is 0.136. The third-order valence-electron chi connectivity index (χ3n) is 3.74. The summed E-state index contributed by atoms with van der Waals surface area (Å²) in [5.74, 6) is 0. The molecule has 0 atom stereocenters. The monoisotopic (exact) mass is 291 g/mol. The highest BCUT2D eigenvalue weighted by Crippen LogP contribution is 2.32. The second kappa shape index (κ2) is 7.98. The van der Waals surface area contributed by atoms with E-state index in [0.717, 1.165) is 13.1 Å². The third-order valence-corrected chi connectivity index (χ3v) is 3.74. The van der Waals surface area contributed by atoms with E-state index in [0.29, 0.717) is 0 Å². The van der Waals surface area contributed by atoms with Gasteiger partial charge in [0, 0.05) is 18.6 Å². The maximum atomic E-state index is 2.55. The van der Waals surface area contributed by atoms with Crippen molar-refractivity contribution in [3.8, 4) is 0 Å². The van der Waals surface area contributed by atoms with Crippen molar-refractivity contribution in [2.24, 2.45) is 0 Å². The molecule has 1 aliphatic rings. The van der Waals surface area contributed by atoms with Gasteiger partial charge >= 0.3 is 0 Å². The lowest BCUT2D eigenvalue weighted by Gasteiger charge is -2.31. The molecule has 122 valence electrons. The number of hydrogen-bond acceptors (Lipinski definition) is 1. The summed E-state index contributed by atoms with van der Waals surface area (Å²) in [7, 11) is 0. The standard InChI is InChI=1S/C16H25N.2C2H6/c1-15(2,3)14-8-7-12-10-17(16(4,5)6)11-13(12)9-14;2*1-2/h7-9H,10-11H2,1-6H3;2*1-2H3. The lowest BCUT2D eigenvalue weighted by Crippen LogP contribution is -2.36. The summed E-state index contributed by atoms with van der Waals surface area (Å²) < 4.78 is 0. The summed E-state index contributed by atoms with van der Waals surface area (Å²) in [5.41, 5.74) is 5.00. The van der Waals surface area contributed by atoms with E-state index in [1.165, 1.54) is 16.7 Å². The molecule has 0 spiro atoms. The van der Waals surface area contributed by atoms with Gasteiger partial charge in [0.15, 0.2) is 0 Å². The Balaban J connectivity index is 0.000000921. The molecule has 1 heterocycles. The van der Waals surface area contributed by atoms with Crippen LogP contribution in [0.25, 0.3) is 0 Å². The molecule has 21 heavy (non-hydrogen) atoms. The molecule has 0 aliphatic carbocycles. The van der Waals surface area contributed by atoms with E-state index < -0.39 is 0 Å². The predicted molar refractivity (Wildman–Crippen MR) is 96.8 cm³/mol. The molecular weight excluding hydrogens is 254 g/mol. The Morgan fingerprint density at radius 3 is 1.67 bits per heavy atom. The Morgan fingerprint density at radius 1 is 0.762 bits per heavy atom. The molecule has 1 heteroatoms. The Kier molecular flexibility index (Phi) is 7.67. The number of benzene rings is 1. The van der Waals surface area contributed by atoms with Crippen molar-refractivity contribution in [3.05, 3.63) is 34.9 Å². The highest BCUT2D eigenvalue weighted by atomic mass is 15.2. The zero-order valence-electron chi connectivity index (χ0n) is 16.1. The first kappa shape index (κ1) is 20.2. The summed E-state index contributed by atoms with van der Waals surface area (Å²) in [6.45, 7) is 23.9. The summed E-state index contributed by atoms with van der Waals surface area (Å²) >= 11 is 0. The minimum absolute atomic E-state index is 0.254. The molecule has 0 aromatic heterocycles. The van der Waals surface area contributed by atoms with E-state index in [2.05, 4.69) is 64.6 Å². The molecular formula is C20H37N.